The van der Waals surface area contributed by atoms with Crippen molar-refractivity contribution in [1.82, 2.24) is 19.9 Å². The van der Waals surface area contributed by atoms with E-state index in [9.17, 15) is 4.79 Å². The molecule has 1 aliphatic heterocycles. The SMILES string of the molecule is CCc1ccc(Nc2ncc(C(=O)N3CCN(c4ccccn4)CC3)cn2)cc1. The number of nitrogens with zero attached hydrogens (tertiary/aromatic N) is 5. The normalized spacial score (nSPS) is 14.0. The Morgan fingerprint density at radius 1 is 0.966 bits per heavy atom. The Balaban J connectivity index is 1.34. The minimum Gasteiger partial charge on any atom is -0.353 e. The number of carbonyl (C=O) groups is 1. The maximum Gasteiger partial charge on any atom is 0.257 e. The van der Waals surface area contributed by atoms with Gasteiger partial charge in [0.05, 0.1) is 5.56 Å². The lowest BCUT2D eigenvalue weighted by molar-refractivity contribution is 0.0745. The van der Waals surface area contributed by atoms with Crippen molar-refractivity contribution in [2.24, 2.45) is 0 Å². The van der Waals surface area contributed by atoms with Gasteiger partial charge in [-0.1, -0.05) is 25.1 Å². The molecule has 1 amide bonds. The third-order valence-electron chi connectivity index (χ3n) is 5.06. The summed E-state index contributed by atoms with van der Waals surface area (Å²) >= 11 is 0. The summed E-state index contributed by atoms with van der Waals surface area (Å²) in [6.07, 6.45) is 5.97. The summed E-state index contributed by atoms with van der Waals surface area (Å²) in [6, 6.07) is 14.0. The summed E-state index contributed by atoms with van der Waals surface area (Å²) in [5, 5.41) is 3.16. The number of anilines is 3. The zero-order valence-corrected chi connectivity index (χ0v) is 16.5. The number of benzene rings is 1. The van der Waals surface area contributed by atoms with Gasteiger partial charge in [0.25, 0.3) is 5.91 Å². The van der Waals surface area contributed by atoms with Crippen LogP contribution < -0.4 is 10.2 Å². The lowest BCUT2D eigenvalue weighted by atomic mass is 10.1. The number of hydrogen-bond donors (Lipinski definition) is 1. The Morgan fingerprint density at radius 2 is 1.69 bits per heavy atom. The fourth-order valence-electron chi connectivity index (χ4n) is 3.32. The topological polar surface area (TPSA) is 74.2 Å². The van der Waals surface area contributed by atoms with Crippen LogP contribution in [0.25, 0.3) is 0 Å². The van der Waals surface area contributed by atoms with E-state index in [0.717, 1.165) is 31.0 Å². The van der Waals surface area contributed by atoms with Crippen molar-refractivity contribution in [1.29, 1.82) is 0 Å². The molecule has 2 aromatic heterocycles. The summed E-state index contributed by atoms with van der Waals surface area (Å²) in [6.45, 7) is 4.95. The standard InChI is InChI=1S/C22H24N6O/c1-2-17-6-8-19(9-7-17)26-22-24-15-18(16-25-22)21(29)28-13-11-27(12-14-28)20-5-3-4-10-23-20/h3-10,15-16H,2,11-14H2,1H3,(H,24,25,26). The molecule has 148 valence electrons. The van der Waals surface area contributed by atoms with Crippen LogP contribution in [0.4, 0.5) is 17.5 Å². The second-order valence-electron chi connectivity index (χ2n) is 6.94. The monoisotopic (exact) mass is 388 g/mol. The number of aromatic nitrogens is 3. The highest BCUT2D eigenvalue weighted by Gasteiger charge is 2.23. The van der Waals surface area contributed by atoms with Crippen LogP contribution in [-0.4, -0.2) is 51.9 Å². The second kappa shape index (κ2) is 8.68. The fourth-order valence-corrected chi connectivity index (χ4v) is 3.32. The van der Waals surface area contributed by atoms with Gasteiger partial charge < -0.3 is 15.1 Å². The molecule has 3 heterocycles. The van der Waals surface area contributed by atoms with E-state index in [1.165, 1.54) is 5.56 Å². The minimum absolute atomic E-state index is 0.0375. The minimum atomic E-state index is -0.0375. The summed E-state index contributed by atoms with van der Waals surface area (Å²) in [7, 11) is 0. The highest BCUT2D eigenvalue weighted by molar-refractivity contribution is 5.93. The van der Waals surface area contributed by atoms with Crippen LogP contribution in [0, 0.1) is 0 Å². The van der Waals surface area contributed by atoms with Gasteiger partial charge in [-0.2, -0.15) is 0 Å². The highest BCUT2D eigenvalue weighted by atomic mass is 16.2. The van der Waals surface area contributed by atoms with Crippen molar-refractivity contribution in [3.8, 4) is 0 Å². The number of aryl methyl sites for hydroxylation is 1. The molecular formula is C22H24N6O. The van der Waals surface area contributed by atoms with E-state index in [1.807, 2.05) is 35.2 Å². The van der Waals surface area contributed by atoms with Crippen molar-refractivity contribution in [3.63, 3.8) is 0 Å². The molecule has 0 aliphatic carbocycles. The van der Waals surface area contributed by atoms with E-state index in [2.05, 4.69) is 44.2 Å². The molecule has 7 heteroatoms. The van der Waals surface area contributed by atoms with Gasteiger partial charge in [-0.25, -0.2) is 15.0 Å². The van der Waals surface area contributed by atoms with Gasteiger partial charge in [0, 0.05) is 50.5 Å². The molecule has 0 saturated carbocycles. The molecule has 4 rings (SSSR count). The summed E-state index contributed by atoms with van der Waals surface area (Å²) < 4.78 is 0. The van der Waals surface area contributed by atoms with Crippen molar-refractivity contribution < 1.29 is 4.79 Å². The summed E-state index contributed by atoms with van der Waals surface area (Å²) in [5.74, 6) is 1.39. The Bertz CT molecular complexity index is 935. The molecule has 1 N–H and O–H groups in total. The quantitative estimate of drug-likeness (QED) is 0.724. The molecule has 0 unspecified atom stereocenters. The number of piperazine rings is 1. The third kappa shape index (κ3) is 4.51. The first-order chi connectivity index (χ1) is 14.2. The largest absolute Gasteiger partial charge is 0.353 e. The highest BCUT2D eigenvalue weighted by Crippen LogP contribution is 2.16. The van der Waals surface area contributed by atoms with Crippen LogP contribution >= 0.6 is 0 Å². The molecule has 0 spiro atoms. The number of amides is 1. The van der Waals surface area contributed by atoms with E-state index in [0.29, 0.717) is 24.6 Å². The molecule has 7 nitrogen and oxygen atoms in total. The molecule has 3 aromatic rings. The predicted molar refractivity (Wildman–Crippen MR) is 113 cm³/mol. The van der Waals surface area contributed by atoms with Crippen LogP contribution in [0.1, 0.15) is 22.8 Å². The van der Waals surface area contributed by atoms with Crippen LogP contribution in [0.2, 0.25) is 0 Å². The molecule has 0 radical (unpaired) electrons. The smallest absolute Gasteiger partial charge is 0.257 e. The maximum atomic E-state index is 12.8. The van der Waals surface area contributed by atoms with E-state index >= 15 is 0 Å². The zero-order valence-electron chi connectivity index (χ0n) is 16.5. The van der Waals surface area contributed by atoms with Gasteiger partial charge in [-0.05, 0) is 36.2 Å². The van der Waals surface area contributed by atoms with E-state index in [-0.39, 0.29) is 5.91 Å². The van der Waals surface area contributed by atoms with Gasteiger partial charge in [-0.3, -0.25) is 4.79 Å². The number of pyridine rings is 1. The summed E-state index contributed by atoms with van der Waals surface area (Å²) in [5.41, 5.74) is 2.70. The van der Waals surface area contributed by atoms with Crippen molar-refractivity contribution >= 4 is 23.4 Å². The average Bonchev–Trinajstić information content (AvgIpc) is 2.80. The Morgan fingerprint density at radius 3 is 2.31 bits per heavy atom. The molecule has 29 heavy (non-hydrogen) atoms. The van der Waals surface area contributed by atoms with Gasteiger partial charge in [0.1, 0.15) is 5.82 Å². The molecular weight excluding hydrogens is 364 g/mol. The average molecular weight is 388 g/mol. The Labute approximate surface area is 170 Å². The molecule has 1 fully saturated rings. The molecule has 1 aromatic carbocycles. The first-order valence-electron chi connectivity index (χ1n) is 9.86. The predicted octanol–water partition coefficient (Wildman–Crippen LogP) is 3.14. The first-order valence-corrected chi connectivity index (χ1v) is 9.86. The Hall–Kier alpha value is -3.48. The van der Waals surface area contributed by atoms with Gasteiger partial charge in [-0.15, -0.1) is 0 Å². The first kappa shape index (κ1) is 18.9. The van der Waals surface area contributed by atoms with E-state index < -0.39 is 0 Å². The number of rotatable bonds is 5. The van der Waals surface area contributed by atoms with Crippen molar-refractivity contribution in [2.45, 2.75) is 13.3 Å². The van der Waals surface area contributed by atoms with Crippen LogP contribution in [0.5, 0.6) is 0 Å². The van der Waals surface area contributed by atoms with Crippen LogP contribution in [0.15, 0.2) is 61.1 Å². The number of carbonyl (C=O) groups excluding carboxylic acids is 1. The van der Waals surface area contributed by atoms with E-state index in [4.69, 9.17) is 0 Å². The van der Waals surface area contributed by atoms with Crippen LogP contribution in [0.3, 0.4) is 0 Å². The van der Waals surface area contributed by atoms with E-state index in [1.54, 1.807) is 18.6 Å². The zero-order chi connectivity index (χ0) is 20.1. The maximum absolute atomic E-state index is 12.8. The molecule has 1 saturated heterocycles. The van der Waals surface area contributed by atoms with Gasteiger partial charge in [0.2, 0.25) is 5.95 Å². The summed E-state index contributed by atoms with van der Waals surface area (Å²) in [4.78, 5) is 29.8. The second-order valence-corrected chi connectivity index (χ2v) is 6.94. The third-order valence-corrected chi connectivity index (χ3v) is 5.06. The van der Waals surface area contributed by atoms with Crippen molar-refractivity contribution in [3.05, 3.63) is 72.2 Å². The fraction of sp³-hybridized carbons (Fsp3) is 0.273. The lowest BCUT2D eigenvalue weighted by Crippen LogP contribution is -2.49. The molecule has 1 aliphatic rings. The Kier molecular flexibility index (Phi) is 5.65. The van der Waals surface area contributed by atoms with Crippen LogP contribution in [-0.2, 0) is 6.42 Å². The molecule has 0 atom stereocenters. The number of nitrogens with one attached hydrogen (secondary N) is 1. The number of hydrogen-bond acceptors (Lipinski definition) is 6. The van der Waals surface area contributed by atoms with Gasteiger partial charge >= 0.3 is 0 Å². The molecule has 0 bridgehead atoms. The van der Waals surface area contributed by atoms with Crippen molar-refractivity contribution in [2.75, 3.05) is 36.4 Å². The van der Waals surface area contributed by atoms with Gasteiger partial charge in [0.15, 0.2) is 0 Å². The lowest BCUT2D eigenvalue weighted by Gasteiger charge is -2.35.